The fraction of sp³-hybridized carbons (Fsp3) is 0.650. The first-order valence-electron chi connectivity index (χ1n) is 9.49. The van der Waals surface area contributed by atoms with E-state index in [1.807, 2.05) is 25.1 Å². The van der Waals surface area contributed by atoms with Crippen LogP contribution in [-0.2, 0) is 16.0 Å². The van der Waals surface area contributed by atoms with Crippen LogP contribution in [0.3, 0.4) is 0 Å². The van der Waals surface area contributed by atoms with E-state index in [0.717, 1.165) is 49.4 Å². The molecule has 1 saturated heterocycles. The quantitative estimate of drug-likeness (QED) is 0.621. The van der Waals surface area contributed by atoms with E-state index in [0.29, 0.717) is 32.6 Å². The zero-order valence-electron chi connectivity index (χ0n) is 15.5. The van der Waals surface area contributed by atoms with Crippen molar-refractivity contribution >= 4 is 5.91 Å². The number of nitrogens with one attached hydrogen (secondary N) is 1. The van der Waals surface area contributed by atoms with E-state index in [1.165, 1.54) is 0 Å². The van der Waals surface area contributed by atoms with Gasteiger partial charge in [0.1, 0.15) is 0 Å². The van der Waals surface area contributed by atoms with E-state index >= 15 is 0 Å². The number of hydrogen-bond donors (Lipinski definition) is 1. The minimum atomic E-state index is 0.0664. The summed E-state index contributed by atoms with van der Waals surface area (Å²) in [5.74, 6) is 1.61. The van der Waals surface area contributed by atoms with Gasteiger partial charge in [-0.1, -0.05) is 19.4 Å². The second kappa shape index (κ2) is 11.0. The van der Waals surface area contributed by atoms with Crippen LogP contribution in [0.4, 0.5) is 0 Å². The molecule has 1 aliphatic rings. The van der Waals surface area contributed by atoms with Gasteiger partial charge in [-0.2, -0.15) is 0 Å². The number of benzene rings is 1. The number of amides is 1. The van der Waals surface area contributed by atoms with Crippen LogP contribution >= 0.6 is 0 Å². The van der Waals surface area contributed by atoms with Crippen molar-refractivity contribution in [1.29, 1.82) is 0 Å². The molecule has 0 aliphatic carbocycles. The van der Waals surface area contributed by atoms with Gasteiger partial charge in [0.2, 0.25) is 5.91 Å². The van der Waals surface area contributed by atoms with Crippen LogP contribution in [0.15, 0.2) is 18.2 Å². The third-order valence-electron chi connectivity index (χ3n) is 4.26. The average molecular weight is 349 g/mol. The molecular weight excluding hydrogens is 318 g/mol. The van der Waals surface area contributed by atoms with E-state index in [2.05, 4.69) is 12.2 Å². The van der Waals surface area contributed by atoms with Crippen molar-refractivity contribution in [2.45, 2.75) is 58.5 Å². The molecule has 0 saturated carbocycles. The van der Waals surface area contributed by atoms with Crippen LogP contribution in [0.1, 0.15) is 51.5 Å². The number of rotatable bonds is 11. The SMILES string of the molecule is CCCCOc1ccc(CCC(=O)NCC2CCCO2)cc1OCC. The molecule has 1 N–H and O–H groups in total. The van der Waals surface area contributed by atoms with Crippen LogP contribution in [-0.4, -0.2) is 38.4 Å². The van der Waals surface area contributed by atoms with Crippen molar-refractivity contribution in [2.75, 3.05) is 26.4 Å². The lowest BCUT2D eigenvalue weighted by Crippen LogP contribution is -2.31. The largest absolute Gasteiger partial charge is 0.490 e. The van der Waals surface area contributed by atoms with Gasteiger partial charge >= 0.3 is 0 Å². The molecule has 140 valence electrons. The lowest BCUT2D eigenvalue weighted by atomic mass is 10.1. The van der Waals surface area contributed by atoms with Crippen LogP contribution < -0.4 is 14.8 Å². The molecule has 1 atom stereocenters. The molecule has 25 heavy (non-hydrogen) atoms. The third kappa shape index (κ3) is 6.94. The van der Waals surface area contributed by atoms with E-state index in [9.17, 15) is 4.79 Å². The van der Waals surface area contributed by atoms with Gasteiger partial charge in [0.25, 0.3) is 0 Å². The smallest absolute Gasteiger partial charge is 0.220 e. The summed E-state index contributed by atoms with van der Waals surface area (Å²) in [4.78, 5) is 12.0. The summed E-state index contributed by atoms with van der Waals surface area (Å²) >= 11 is 0. The topological polar surface area (TPSA) is 56.8 Å². The third-order valence-corrected chi connectivity index (χ3v) is 4.26. The first kappa shape index (κ1) is 19.6. The van der Waals surface area contributed by atoms with Gasteiger partial charge in [-0.25, -0.2) is 0 Å². The van der Waals surface area contributed by atoms with Gasteiger partial charge in [-0.3, -0.25) is 4.79 Å². The summed E-state index contributed by atoms with van der Waals surface area (Å²) in [7, 11) is 0. The maximum Gasteiger partial charge on any atom is 0.220 e. The molecule has 0 radical (unpaired) electrons. The summed E-state index contributed by atoms with van der Waals surface area (Å²) in [6.45, 7) is 6.82. The highest BCUT2D eigenvalue weighted by atomic mass is 16.5. The summed E-state index contributed by atoms with van der Waals surface area (Å²) in [5.41, 5.74) is 1.08. The van der Waals surface area contributed by atoms with Gasteiger partial charge in [-0.05, 0) is 50.3 Å². The Labute approximate surface area is 151 Å². The molecule has 1 fully saturated rings. The minimum absolute atomic E-state index is 0.0664. The summed E-state index contributed by atoms with van der Waals surface area (Å²) < 4.78 is 17.0. The monoisotopic (exact) mass is 349 g/mol. The second-order valence-electron chi connectivity index (χ2n) is 6.36. The second-order valence-corrected chi connectivity index (χ2v) is 6.36. The Kier molecular flexibility index (Phi) is 8.60. The highest BCUT2D eigenvalue weighted by Gasteiger charge is 2.16. The number of carbonyl (C=O) groups excluding carboxylic acids is 1. The molecule has 1 heterocycles. The Hall–Kier alpha value is -1.75. The normalized spacial score (nSPS) is 16.6. The molecule has 1 aliphatic heterocycles. The van der Waals surface area contributed by atoms with Crippen LogP contribution in [0.25, 0.3) is 0 Å². The molecule has 2 rings (SSSR count). The molecule has 5 nitrogen and oxygen atoms in total. The van der Waals surface area contributed by atoms with Gasteiger partial charge in [0.05, 0.1) is 19.3 Å². The van der Waals surface area contributed by atoms with Gasteiger partial charge in [-0.15, -0.1) is 0 Å². The molecule has 5 heteroatoms. The maximum absolute atomic E-state index is 12.0. The number of ether oxygens (including phenoxy) is 3. The maximum atomic E-state index is 12.0. The van der Waals surface area contributed by atoms with Gasteiger partial charge in [0, 0.05) is 19.6 Å². The molecule has 1 aromatic rings. The molecular formula is C20H31NO4. The molecule has 0 bridgehead atoms. The van der Waals surface area contributed by atoms with Crippen molar-refractivity contribution in [3.8, 4) is 11.5 Å². The summed E-state index contributed by atoms with van der Waals surface area (Å²) in [6, 6.07) is 5.94. The van der Waals surface area contributed by atoms with Crippen LogP contribution in [0.2, 0.25) is 0 Å². The standard InChI is InChI=1S/C20H31NO4/c1-3-5-12-25-18-10-8-16(14-19(18)23-4-2)9-11-20(22)21-15-17-7-6-13-24-17/h8,10,14,17H,3-7,9,11-13,15H2,1-2H3,(H,21,22). The highest BCUT2D eigenvalue weighted by molar-refractivity contribution is 5.76. The Morgan fingerprint density at radius 2 is 2.16 bits per heavy atom. The molecule has 1 unspecified atom stereocenters. The van der Waals surface area contributed by atoms with Crippen molar-refractivity contribution < 1.29 is 19.0 Å². The lowest BCUT2D eigenvalue weighted by Gasteiger charge is -2.14. The Morgan fingerprint density at radius 1 is 1.28 bits per heavy atom. The van der Waals surface area contributed by atoms with Crippen molar-refractivity contribution in [3.05, 3.63) is 23.8 Å². The first-order chi connectivity index (χ1) is 12.2. The first-order valence-corrected chi connectivity index (χ1v) is 9.49. The van der Waals surface area contributed by atoms with E-state index in [1.54, 1.807) is 0 Å². The number of hydrogen-bond acceptors (Lipinski definition) is 4. The zero-order chi connectivity index (χ0) is 17.9. The van der Waals surface area contributed by atoms with Crippen molar-refractivity contribution in [2.24, 2.45) is 0 Å². The van der Waals surface area contributed by atoms with Crippen LogP contribution in [0, 0.1) is 0 Å². The summed E-state index contributed by atoms with van der Waals surface area (Å²) in [6.07, 6.45) is 5.60. The van der Waals surface area contributed by atoms with Crippen molar-refractivity contribution in [3.63, 3.8) is 0 Å². The molecule has 0 aromatic heterocycles. The number of unbranched alkanes of at least 4 members (excludes halogenated alkanes) is 1. The molecule has 1 amide bonds. The Bertz CT molecular complexity index is 526. The predicted octanol–water partition coefficient (Wildman–Crippen LogP) is 3.49. The Balaban J connectivity index is 1.81. The highest BCUT2D eigenvalue weighted by Crippen LogP contribution is 2.29. The predicted molar refractivity (Wildman–Crippen MR) is 98.3 cm³/mol. The molecule has 1 aromatic carbocycles. The Morgan fingerprint density at radius 3 is 2.88 bits per heavy atom. The van der Waals surface area contributed by atoms with Gasteiger partial charge < -0.3 is 19.5 Å². The van der Waals surface area contributed by atoms with Crippen molar-refractivity contribution in [1.82, 2.24) is 5.32 Å². The number of aryl methyl sites for hydroxylation is 1. The van der Waals surface area contributed by atoms with Crippen LogP contribution in [0.5, 0.6) is 11.5 Å². The van der Waals surface area contributed by atoms with E-state index in [-0.39, 0.29) is 12.0 Å². The lowest BCUT2D eigenvalue weighted by molar-refractivity contribution is -0.121. The summed E-state index contributed by atoms with van der Waals surface area (Å²) in [5, 5.41) is 2.96. The van der Waals surface area contributed by atoms with E-state index in [4.69, 9.17) is 14.2 Å². The average Bonchev–Trinajstić information content (AvgIpc) is 3.14. The van der Waals surface area contributed by atoms with Gasteiger partial charge in [0.15, 0.2) is 11.5 Å². The minimum Gasteiger partial charge on any atom is -0.490 e. The number of carbonyl (C=O) groups is 1. The fourth-order valence-electron chi connectivity index (χ4n) is 2.80. The van der Waals surface area contributed by atoms with E-state index < -0.39 is 0 Å². The molecule has 0 spiro atoms. The zero-order valence-corrected chi connectivity index (χ0v) is 15.5. The fourth-order valence-corrected chi connectivity index (χ4v) is 2.80.